The minimum Gasteiger partial charge on any atom is -0.351 e. The van der Waals surface area contributed by atoms with Gasteiger partial charge in [0.25, 0.3) is 0 Å². The molecule has 3 nitrogen and oxygen atoms in total. The molecule has 2 N–H and O–H groups in total. The summed E-state index contributed by atoms with van der Waals surface area (Å²) in [5, 5.41) is 6.56. The van der Waals surface area contributed by atoms with Gasteiger partial charge in [-0.1, -0.05) is 12.8 Å². The van der Waals surface area contributed by atoms with E-state index in [1.54, 1.807) is 0 Å². The van der Waals surface area contributed by atoms with Crippen LogP contribution in [-0.4, -0.2) is 24.5 Å². The zero-order valence-electron chi connectivity index (χ0n) is 10.3. The first-order valence-electron chi connectivity index (χ1n) is 6.70. The molecule has 0 aromatic carbocycles. The van der Waals surface area contributed by atoms with Crippen molar-refractivity contribution in [1.82, 2.24) is 10.6 Å². The molecule has 1 heterocycles. The van der Waals surface area contributed by atoms with Gasteiger partial charge >= 0.3 is 0 Å². The third-order valence-electron chi connectivity index (χ3n) is 4.09. The third-order valence-corrected chi connectivity index (χ3v) is 4.09. The average Bonchev–Trinajstić information content (AvgIpc) is 2.86. The fraction of sp³-hybridized carbons (Fsp3) is 0.923. The normalized spacial score (nSPS) is 28.2. The van der Waals surface area contributed by atoms with Gasteiger partial charge in [0.05, 0.1) is 0 Å². The Morgan fingerprint density at radius 3 is 2.81 bits per heavy atom. The highest BCUT2D eigenvalue weighted by atomic mass is 16.1. The van der Waals surface area contributed by atoms with Crippen LogP contribution in [0.3, 0.4) is 0 Å². The summed E-state index contributed by atoms with van der Waals surface area (Å²) in [7, 11) is 0. The average molecular weight is 224 g/mol. The number of carbonyl (C=O) groups is 1. The van der Waals surface area contributed by atoms with E-state index in [0.29, 0.717) is 6.42 Å². The number of nitrogens with one attached hydrogen (secondary N) is 2. The van der Waals surface area contributed by atoms with Gasteiger partial charge in [-0.25, -0.2) is 0 Å². The Kier molecular flexibility index (Phi) is 3.85. The molecule has 0 aromatic rings. The second-order valence-electron chi connectivity index (χ2n) is 5.71. The summed E-state index contributed by atoms with van der Waals surface area (Å²) in [4.78, 5) is 11.8. The van der Waals surface area contributed by atoms with E-state index in [1.165, 1.54) is 19.3 Å². The Labute approximate surface area is 98.4 Å². The van der Waals surface area contributed by atoms with Crippen LogP contribution in [0.1, 0.15) is 51.9 Å². The summed E-state index contributed by atoms with van der Waals surface area (Å²) < 4.78 is 0. The topological polar surface area (TPSA) is 41.1 Å². The van der Waals surface area contributed by atoms with Gasteiger partial charge in [0, 0.05) is 12.0 Å². The second-order valence-corrected chi connectivity index (χ2v) is 5.71. The molecule has 0 spiro atoms. The Morgan fingerprint density at radius 1 is 1.44 bits per heavy atom. The summed E-state index contributed by atoms with van der Waals surface area (Å²) in [6.45, 7) is 4.42. The molecule has 1 unspecified atom stereocenters. The third kappa shape index (κ3) is 3.21. The van der Waals surface area contributed by atoms with Gasteiger partial charge in [-0.3, -0.25) is 4.79 Å². The fourth-order valence-corrected chi connectivity index (χ4v) is 2.98. The predicted octanol–water partition coefficient (Wildman–Crippen LogP) is 1.82. The van der Waals surface area contributed by atoms with Crippen LogP contribution in [0.2, 0.25) is 0 Å². The number of hydrogen-bond donors (Lipinski definition) is 2. The summed E-state index contributed by atoms with van der Waals surface area (Å²) >= 11 is 0. The van der Waals surface area contributed by atoms with Gasteiger partial charge in [-0.15, -0.1) is 0 Å². The first-order valence-corrected chi connectivity index (χ1v) is 6.70. The molecule has 3 heteroatoms. The summed E-state index contributed by atoms with van der Waals surface area (Å²) in [5.74, 6) is 0.985. The molecule has 2 fully saturated rings. The second kappa shape index (κ2) is 5.17. The molecule has 1 saturated heterocycles. The molecule has 1 atom stereocenters. The Hall–Kier alpha value is -0.570. The van der Waals surface area contributed by atoms with Crippen molar-refractivity contribution < 1.29 is 4.79 Å². The maximum absolute atomic E-state index is 11.8. The summed E-state index contributed by atoms with van der Waals surface area (Å²) in [5.41, 5.74) is 0.102. The number of carbonyl (C=O) groups excluding carboxylic acids is 1. The molecule has 0 radical (unpaired) electrons. The molecule has 92 valence electrons. The van der Waals surface area contributed by atoms with E-state index in [0.717, 1.165) is 38.3 Å². The van der Waals surface area contributed by atoms with Crippen LogP contribution in [0.4, 0.5) is 0 Å². The standard InChI is InChI=1S/C13H24N2O/c1-13(7-2-3-8-13)15-12(16)5-4-11-6-9-14-10-11/h11,14H,2-10H2,1H3,(H,15,16). The highest BCUT2D eigenvalue weighted by Crippen LogP contribution is 2.29. The van der Waals surface area contributed by atoms with Crippen LogP contribution in [-0.2, 0) is 4.79 Å². The predicted molar refractivity (Wildman–Crippen MR) is 65.2 cm³/mol. The summed E-state index contributed by atoms with van der Waals surface area (Å²) in [6.07, 6.45) is 7.85. The van der Waals surface area contributed by atoms with Crippen molar-refractivity contribution >= 4 is 5.91 Å². The SMILES string of the molecule is CC1(NC(=O)CCC2CCNC2)CCCC1. The lowest BCUT2D eigenvalue weighted by molar-refractivity contribution is -0.123. The molecule has 0 aromatic heterocycles. The molecular formula is C13H24N2O. The van der Waals surface area contributed by atoms with Crippen molar-refractivity contribution in [3.05, 3.63) is 0 Å². The Bertz CT molecular complexity index is 240. The van der Waals surface area contributed by atoms with Gasteiger partial charge in [0.1, 0.15) is 0 Å². The minimum absolute atomic E-state index is 0.102. The molecule has 1 amide bonds. The van der Waals surface area contributed by atoms with Gasteiger partial charge in [-0.05, 0) is 51.6 Å². The van der Waals surface area contributed by atoms with Crippen LogP contribution < -0.4 is 10.6 Å². The highest BCUT2D eigenvalue weighted by molar-refractivity contribution is 5.76. The van der Waals surface area contributed by atoms with Crippen molar-refractivity contribution in [2.75, 3.05) is 13.1 Å². The lowest BCUT2D eigenvalue weighted by atomic mass is 9.98. The van der Waals surface area contributed by atoms with Crippen molar-refractivity contribution in [2.45, 2.75) is 57.4 Å². The number of hydrogen-bond acceptors (Lipinski definition) is 2. The highest BCUT2D eigenvalue weighted by Gasteiger charge is 2.30. The fourth-order valence-electron chi connectivity index (χ4n) is 2.98. The molecule has 1 saturated carbocycles. The summed E-state index contributed by atoms with van der Waals surface area (Å²) in [6, 6.07) is 0. The van der Waals surface area contributed by atoms with E-state index in [9.17, 15) is 4.79 Å². The first kappa shape index (κ1) is 11.9. The van der Waals surface area contributed by atoms with E-state index in [4.69, 9.17) is 0 Å². The smallest absolute Gasteiger partial charge is 0.220 e. The molecule has 0 bridgehead atoms. The largest absolute Gasteiger partial charge is 0.351 e. The Morgan fingerprint density at radius 2 is 2.19 bits per heavy atom. The zero-order valence-corrected chi connectivity index (χ0v) is 10.3. The van der Waals surface area contributed by atoms with Crippen molar-refractivity contribution in [3.8, 4) is 0 Å². The molecule has 2 aliphatic rings. The Balaban J connectivity index is 1.67. The molecular weight excluding hydrogens is 200 g/mol. The van der Waals surface area contributed by atoms with E-state index in [1.807, 2.05) is 0 Å². The lowest BCUT2D eigenvalue weighted by Crippen LogP contribution is -2.43. The van der Waals surface area contributed by atoms with Crippen LogP contribution in [0.15, 0.2) is 0 Å². The van der Waals surface area contributed by atoms with E-state index >= 15 is 0 Å². The first-order chi connectivity index (χ1) is 7.68. The molecule has 1 aliphatic heterocycles. The molecule has 16 heavy (non-hydrogen) atoms. The number of rotatable bonds is 4. The van der Waals surface area contributed by atoms with Crippen molar-refractivity contribution in [3.63, 3.8) is 0 Å². The quantitative estimate of drug-likeness (QED) is 0.765. The zero-order chi connectivity index (χ0) is 11.4. The molecule has 1 aliphatic carbocycles. The maximum Gasteiger partial charge on any atom is 0.220 e. The van der Waals surface area contributed by atoms with Crippen molar-refractivity contribution in [1.29, 1.82) is 0 Å². The van der Waals surface area contributed by atoms with Gasteiger partial charge < -0.3 is 10.6 Å². The molecule has 2 rings (SSSR count). The van der Waals surface area contributed by atoms with Gasteiger partial charge in [0.2, 0.25) is 5.91 Å². The van der Waals surface area contributed by atoms with E-state index in [-0.39, 0.29) is 11.4 Å². The van der Waals surface area contributed by atoms with E-state index < -0.39 is 0 Å². The van der Waals surface area contributed by atoms with Crippen molar-refractivity contribution in [2.24, 2.45) is 5.92 Å². The monoisotopic (exact) mass is 224 g/mol. The van der Waals surface area contributed by atoms with Crippen LogP contribution >= 0.6 is 0 Å². The van der Waals surface area contributed by atoms with Gasteiger partial charge in [0.15, 0.2) is 0 Å². The maximum atomic E-state index is 11.8. The van der Waals surface area contributed by atoms with Crippen LogP contribution in [0, 0.1) is 5.92 Å². The van der Waals surface area contributed by atoms with Crippen LogP contribution in [0.25, 0.3) is 0 Å². The minimum atomic E-state index is 0.102. The van der Waals surface area contributed by atoms with Gasteiger partial charge in [-0.2, -0.15) is 0 Å². The lowest BCUT2D eigenvalue weighted by Gasteiger charge is -2.25. The number of amides is 1. The van der Waals surface area contributed by atoms with E-state index in [2.05, 4.69) is 17.6 Å². The van der Waals surface area contributed by atoms with Crippen LogP contribution in [0.5, 0.6) is 0 Å².